The highest BCUT2D eigenvalue weighted by Gasteiger charge is 2.06. The van der Waals surface area contributed by atoms with Crippen molar-refractivity contribution in [3.05, 3.63) is 23.8 Å². The van der Waals surface area contributed by atoms with Crippen molar-refractivity contribution in [2.45, 2.75) is 32.6 Å². The molecular formula is C14H20O4. The minimum absolute atomic E-state index is 0.103. The van der Waals surface area contributed by atoms with E-state index in [4.69, 9.17) is 9.47 Å². The average Bonchev–Trinajstić information content (AvgIpc) is 2.38. The van der Waals surface area contributed by atoms with E-state index in [1.807, 2.05) is 0 Å². The molecule has 1 rings (SSSR count). The Labute approximate surface area is 108 Å². The Hall–Kier alpha value is -1.71. The number of carbonyl (C=O) groups excluding carboxylic acids is 1. The van der Waals surface area contributed by atoms with Gasteiger partial charge < -0.3 is 14.6 Å². The molecule has 4 nitrogen and oxygen atoms in total. The Morgan fingerprint density at radius 3 is 2.83 bits per heavy atom. The summed E-state index contributed by atoms with van der Waals surface area (Å²) in [5.74, 6) is 0.342. The molecule has 0 saturated heterocycles. The van der Waals surface area contributed by atoms with Crippen LogP contribution in [0.5, 0.6) is 11.5 Å². The third kappa shape index (κ3) is 4.65. The predicted octanol–water partition coefficient (Wildman–Crippen LogP) is 2.68. The van der Waals surface area contributed by atoms with Crippen LogP contribution in [-0.2, 0) is 16.0 Å². The summed E-state index contributed by atoms with van der Waals surface area (Å²) in [5, 5.41) is 9.44. The van der Waals surface area contributed by atoms with E-state index >= 15 is 0 Å². The lowest BCUT2D eigenvalue weighted by Crippen LogP contribution is -2.06. The SMILES string of the molecule is CCCCOC(=O)CCc1ccc(O)c(OC)c1. The largest absolute Gasteiger partial charge is 0.504 e. The van der Waals surface area contributed by atoms with Crippen molar-refractivity contribution < 1.29 is 19.4 Å². The summed E-state index contributed by atoms with van der Waals surface area (Å²) >= 11 is 0. The highest BCUT2D eigenvalue weighted by molar-refractivity contribution is 5.69. The molecule has 0 saturated carbocycles. The van der Waals surface area contributed by atoms with Gasteiger partial charge in [-0.15, -0.1) is 0 Å². The van der Waals surface area contributed by atoms with E-state index in [0.717, 1.165) is 18.4 Å². The van der Waals surface area contributed by atoms with Crippen molar-refractivity contribution in [3.8, 4) is 11.5 Å². The van der Waals surface area contributed by atoms with Gasteiger partial charge in [0.1, 0.15) is 0 Å². The fourth-order valence-electron chi connectivity index (χ4n) is 1.53. The molecule has 0 spiro atoms. The minimum Gasteiger partial charge on any atom is -0.504 e. The van der Waals surface area contributed by atoms with Gasteiger partial charge in [-0.25, -0.2) is 0 Å². The van der Waals surface area contributed by atoms with Gasteiger partial charge in [0.2, 0.25) is 0 Å². The summed E-state index contributed by atoms with van der Waals surface area (Å²) in [7, 11) is 1.50. The van der Waals surface area contributed by atoms with Gasteiger partial charge in [-0.05, 0) is 30.5 Å². The fourth-order valence-corrected chi connectivity index (χ4v) is 1.53. The zero-order chi connectivity index (χ0) is 13.4. The van der Waals surface area contributed by atoms with Crippen LogP contribution in [0, 0.1) is 0 Å². The van der Waals surface area contributed by atoms with Crippen LogP contribution >= 0.6 is 0 Å². The predicted molar refractivity (Wildman–Crippen MR) is 68.8 cm³/mol. The second-order valence-corrected chi connectivity index (χ2v) is 4.08. The number of hydrogen-bond acceptors (Lipinski definition) is 4. The smallest absolute Gasteiger partial charge is 0.306 e. The summed E-state index contributed by atoms with van der Waals surface area (Å²) in [5.41, 5.74) is 0.942. The number of phenolic OH excluding ortho intramolecular Hbond substituents is 1. The van der Waals surface area contributed by atoms with E-state index < -0.39 is 0 Å². The summed E-state index contributed by atoms with van der Waals surface area (Å²) in [6.45, 7) is 2.55. The number of methoxy groups -OCH3 is 1. The van der Waals surface area contributed by atoms with Crippen LogP contribution in [0.1, 0.15) is 31.7 Å². The summed E-state index contributed by atoms with van der Waals surface area (Å²) in [4.78, 5) is 11.4. The molecule has 0 amide bonds. The minimum atomic E-state index is -0.185. The number of carbonyl (C=O) groups is 1. The van der Waals surface area contributed by atoms with E-state index in [-0.39, 0.29) is 11.7 Å². The monoisotopic (exact) mass is 252 g/mol. The van der Waals surface area contributed by atoms with E-state index in [1.54, 1.807) is 18.2 Å². The van der Waals surface area contributed by atoms with E-state index in [0.29, 0.717) is 25.2 Å². The van der Waals surface area contributed by atoms with Crippen LogP contribution in [-0.4, -0.2) is 24.8 Å². The molecule has 0 heterocycles. The van der Waals surface area contributed by atoms with Crippen LogP contribution in [0.4, 0.5) is 0 Å². The van der Waals surface area contributed by atoms with Crippen molar-refractivity contribution in [1.29, 1.82) is 0 Å². The van der Waals surface area contributed by atoms with Crippen LogP contribution < -0.4 is 4.74 Å². The summed E-state index contributed by atoms with van der Waals surface area (Å²) in [6.07, 6.45) is 2.85. The number of unbranched alkanes of at least 4 members (excludes halogenated alkanes) is 1. The first-order valence-electron chi connectivity index (χ1n) is 6.19. The average molecular weight is 252 g/mol. The first-order valence-corrected chi connectivity index (χ1v) is 6.19. The number of aryl methyl sites for hydroxylation is 1. The molecule has 0 aliphatic heterocycles. The molecule has 1 aromatic carbocycles. The molecule has 4 heteroatoms. The lowest BCUT2D eigenvalue weighted by molar-refractivity contribution is -0.143. The highest BCUT2D eigenvalue weighted by Crippen LogP contribution is 2.26. The molecular weight excluding hydrogens is 232 g/mol. The Balaban J connectivity index is 2.41. The van der Waals surface area contributed by atoms with Gasteiger partial charge in [0.05, 0.1) is 13.7 Å². The third-order valence-corrected chi connectivity index (χ3v) is 2.62. The maximum atomic E-state index is 11.4. The lowest BCUT2D eigenvalue weighted by atomic mass is 10.1. The Morgan fingerprint density at radius 2 is 2.17 bits per heavy atom. The van der Waals surface area contributed by atoms with Gasteiger partial charge in [0.25, 0.3) is 0 Å². The first kappa shape index (κ1) is 14.4. The van der Waals surface area contributed by atoms with Crippen molar-refractivity contribution in [2.24, 2.45) is 0 Å². The second-order valence-electron chi connectivity index (χ2n) is 4.08. The molecule has 0 aliphatic carbocycles. The van der Waals surface area contributed by atoms with Crippen LogP contribution in [0.15, 0.2) is 18.2 Å². The first-order chi connectivity index (χ1) is 8.67. The number of esters is 1. The zero-order valence-corrected chi connectivity index (χ0v) is 10.9. The number of hydrogen-bond donors (Lipinski definition) is 1. The van der Waals surface area contributed by atoms with E-state index in [2.05, 4.69) is 6.92 Å². The topological polar surface area (TPSA) is 55.8 Å². The van der Waals surface area contributed by atoms with Gasteiger partial charge in [0, 0.05) is 6.42 Å². The van der Waals surface area contributed by atoms with Crippen LogP contribution in [0.3, 0.4) is 0 Å². The molecule has 100 valence electrons. The van der Waals surface area contributed by atoms with Gasteiger partial charge in [-0.3, -0.25) is 4.79 Å². The molecule has 0 bridgehead atoms. The van der Waals surface area contributed by atoms with E-state index in [1.165, 1.54) is 7.11 Å². The Bertz CT molecular complexity index is 387. The van der Waals surface area contributed by atoms with Crippen LogP contribution in [0.2, 0.25) is 0 Å². The number of benzene rings is 1. The molecule has 0 atom stereocenters. The van der Waals surface area contributed by atoms with Gasteiger partial charge >= 0.3 is 5.97 Å². The zero-order valence-electron chi connectivity index (χ0n) is 10.9. The molecule has 18 heavy (non-hydrogen) atoms. The Morgan fingerprint density at radius 1 is 1.39 bits per heavy atom. The number of aromatic hydroxyl groups is 1. The molecule has 0 radical (unpaired) electrons. The maximum Gasteiger partial charge on any atom is 0.306 e. The number of phenols is 1. The van der Waals surface area contributed by atoms with Gasteiger partial charge in [-0.1, -0.05) is 19.4 Å². The van der Waals surface area contributed by atoms with Crippen molar-refractivity contribution >= 4 is 5.97 Å². The van der Waals surface area contributed by atoms with Gasteiger partial charge in [0.15, 0.2) is 11.5 Å². The summed E-state index contributed by atoms with van der Waals surface area (Å²) < 4.78 is 10.1. The standard InChI is InChI=1S/C14H20O4/c1-3-4-9-18-14(16)8-6-11-5-7-12(15)13(10-11)17-2/h5,7,10,15H,3-4,6,8-9H2,1-2H3. The summed E-state index contributed by atoms with van der Waals surface area (Å²) in [6, 6.07) is 5.07. The Kier molecular flexibility index (Phi) is 6.05. The molecule has 1 aromatic rings. The molecule has 0 aromatic heterocycles. The number of ether oxygens (including phenoxy) is 2. The number of rotatable bonds is 7. The van der Waals surface area contributed by atoms with Crippen LogP contribution in [0.25, 0.3) is 0 Å². The van der Waals surface area contributed by atoms with Crippen molar-refractivity contribution in [3.63, 3.8) is 0 Å². The van der Waals surface area contributed by atoms with Gasteiger partial charge in [-0.2, -0.15) is 0 Å². The van der Waals surface area contributed by atoms with Crippen molar-refractivity contribution in [2.75, 3.05) is 13.7 Å². The molecule has 0 aliphatic rings. The third-order valence-electron chi connectivity index (χ3n) is 2.62. The molecule has 1 N–H and O–H groups in total. The van der Waals surface area contributed by atoms with Crippen molar-refractivity contribution in [1.82, 2.24) is 0 Å². The normalized spacial score (nSPS) is 10.1. The lowest BCUT2D eigenvalue weighted by Gasteiger charge is -2.07. The quantitative estimate of drug-likeness (QED) is 0.598. The second kappa shape index (κ2) is 7.58. The highest BCUT2D eigenvalue weighted by atomic mass is 16.5. The fraction of sp³-hybridized carbons (Fsp3) is 0.500. The van der Waals surface area contributed by atoms with E-state index in [9.17, 15) is 9.90 Å². The maximum absolute atomic E-state index is 11.4. The molecule has 0 unspecified atom stereocenters. The molecule has 0 fully saturated rings.